The average molecular weight is 542 g/mol. The van der Waals surface area contributed by atoms with Crippen LogP contribution in [0.1, 0.15) is 67.1 Å². The lowest BCUT2D eigenvalue weighted by atomic mass is 9.62. The second-order valence-electron chi connectivity index (χ2n) is 11.8. The molecule has 1 N–H and O–H groups in total. The Hall–Kier alpha value is -2.82. The van der Waals surface area contributed by atoms with Crippen molar-refractivity contribution in [3.63, 3.8) is 0 Å². The van der Waals surface area contributed by atoms with E-state index in [-0.39, 0.29) is 5.56 Å². The van der Waals surface area contributed by atoms with Crippen LogP contribution in [0.25, 0.3) is 11.4 Å². The fraction of sp³-hybridized carbons (Fsp3) is 0.552. The van der Waals surface area contributed by atoms with E-state index in [2.05, 4.69) is 14.6 Å². The summed E-state index contributed by atoms with van der Waals surface area (Å²) in [5, 5.41) is 17.4. The second-order valence-corrected chi connectivity index (χ2v) is 11.8. The van der Waals surface area contributed by atoms with Crippen LogP contribution in [0.15, 0.2) is 42.7 Å². The topological polar surface area (TPSA) is 76.3 Å². The lowest BCUT2D eigenvalue weighted by Gasteiger charge is -2.55. The standard InChI is InChI=1S/C29H34F3N5O2/c1-27(17-36(2)18-27)29(38,22-5-3-19(4-6-22)14-28(30,31)32)23-13-21(15-33-16-23)25-34-26(20-9-11-39-12-10-20)37(35-25)24-7-8-24/h3-6,13,15-16,20,24,38H,7-12,14,17-18H2,1-2H3/t29-/m0/s1. The Bertz CT molecular complexity index is 1330. The number of rotatable bonds is 7. The van der Waals surface area contributed by atoms with Gasteiger partial charge in [-0.15, -0.1) is 0 Å². The van der Waals surface area contributed by atoms with Gasteiger partial charge in [0, 0.05) is 61.2 Å². The van der Waals surface area contributed by atoms with E-state index >= 15 is 0 Å². The third kappa shape index (κ3) is 4.98. The second kappa shape index (κ2) is 9.67. The molecule has 39 heavy (non-hydrogen) atoms. The maximum atomic E-state index is 13.0. The van der Waals surface area contributed by atoms with E-state index in [9.17, 15) is 18.3 Å². The van der Waals surface area contributed by atoms with Gasteiger partial charge in [-0.3, -0.25) is 4.98 Å². The number of likely N-dealkylation sites (tertiary alicyclic amines) is 1. The molecule has 2 saturated heterocycles. The summed E-state index contributed by atoms with van der Waals surface area (Å²) in [6.45, 7) is 4.69. The first-order valence-corrected chi connectivity index (χ1v) is 13.6. The van der Waals surface area contributed by atoms with Crippen LogP contribution in [0, 0.1) is 5.41 Å². The molecule has 6 rings (SSSR count). The summed E-state index contributed by atoms with van der Waals surface area (Å²) in [4.78, 5) is 11.6. The Kier molecular flexibility index (Phi) is 6.55. The zero-order valence-electron chi connectivity index (χ0n) is 22.3. The highest BCUT2D eigenvalue weighted by Crippen LogP contribution is 2.50. The summed E-state index contributed by atoms with van der Waals surface area (Å²) >= 11 is 0. The number of aromatic nitrogens is 4. The van der Waals surface area contributed by atoms with Gasteiger partial charge in [0.15, 0.2) is 5.82 Å². The predicted octanol–water partition coefficient (Wildman–Crippen LogP) is 4.86. The number of benzene rings is 1. The molecule has 3 aliphatic rings. The number of hydrogen-bond acceptors (Lipinski definition) is 6. The Balaban J connectivity index is 1.39. The number of nitrogens with zero attached hydrogens (tertiary/aromatic N) is 5. The van der Waals surface area contributed by atoms with Crippen molar-refractivity contribution in [1.82, 2.24) is 24.6 Å². The minimum absolute atomic E-state index is 0.159. The Labute approximate surface area is 226 Å². The summed E-state index contributed by atoms with van der Waals surface area (Å²) in [6.07, 6.45) is 2.07. The Morgan fingerprint density at radius 1 is 1.03 bits per heavy atom. The van der Waals surface area contributed by atoms with E-state index in [1.165, 1.54) is 12.1 Å². The van der Waals surface area contributed by atoms with Crippen molar-refractivity contribution in [2.24, 2.45) is 5.41 Å². The molecule has 0 radical (unpaired) electrons. The van der Waals surface area contributed by atoms with Crippen molar-refractivity contribution in [1.29, 1.82) is 0 Å². The van der Waals surface area contributed by atoms with Gasteiger partial charge in [-0.05, 0) is 49.9 Å². The number of aliphatic hydroxyl groups is 1. The first kappa shape index (κ1) is 26.4. The van der Waals surface area contributed by atoms with Crippen LogP contribution in [0.2, 0.25) is 0 Å². The molecule has 1 saturated carbocycles. The summed E-state index contributed by atoms with van der Waals surface area (Å²) in [7, 11) is 1.98. The number of halogens is 3. The SMILES string of the molecule is CN1CC(C)([C@](O)(c2ccc(CC(F)(F)F)cc2)c2cncc(-c3nc(C4CCOCC4)n(C4CC4)n3)c2)C1. The predicted molar refractivity (Wildman–Crippen MR) is 139 cm³/mol. The summed E-state index contributed by atoms with van der Waals surface area (Å²) in [5.74, 6) is 1.87. The van der Waals surface area contributed by atoms with Crippen molar-refractivity contribution < 1.29 is 23.0 Å². The molecule has 10 heteroatoms. The Morgan fingerprint density at radius 2 is 1.72 bits per heavy atom. The van der Waals surface area contributed by atoms with Crippen molar-refractivity contribution in [3.05, 3.63) is 65.2 Å². The van der Waals surface area contributed by atoms with E-state index in [0.717, 1.165) is 44.7 Å². The molecule has 208 valence electrons. The molecule has 1 atom stereocenters. The van der Waals surface area contributed by atoms with E-state index < -0.39 is 23.6 Å². The molecule has 3 fully saturated rings. The maximum absolute atomic E-state index is 13.0. The molecule has 4 heterocycles. The highest BCUT2D eigenvalue weighted by Gasteiger charge is 2.55. The smallest absolute Gasteiger partial charge is 0.381 e. The van der Waals surface area contributed by atoms with Crippen molar-refractivity contribution in [3.8, 4) is 11.4 Å². The fourth-order valence-electron chi connectivity index (χ4n) is 6.37. The van der Waals surface area contributed by atoms with Gasteiger partial charge in [0.25, 0.3) is 0 Å². The molecule has 1 aromatic carbocycles. The molecule has 0 unspecified atom stereocenters. The van der Waals surface area contributed by atoms with E-state index in [0.29, 0.717) is 47.6 Å². The van der Waals surface area contributed by atoms with Crippen molar-refractivity contribution in [2.75, 3.05) is 33.4 Å². The fourth-order valence-corrected chi connectivity index (χ4v) is 6.37. The third-order valence-electron chi connectivity index (χ3n) is 8.44. The number of alkyl halides is 3. The summed E-state index contributed by atoms with van der Waals surface area (Å²) < 4.78 is 46.5. The van der Waals surface area contributed by atoms with Gasteiger partial charge in [-0.25, -0.2) is 9.67 Å². The van der Waals surface area contributed by atoms with Gasteiger partial charge >= 0.3 is 6.18 Å². The largest absolute Gasteiger partial charge is 0.393 e. The minimum atomic E-state index is -4.29. The van der Waals surface area contributed by atoms with Crippen LogP contribution in [-0.2, 0) is 16.8 Å². The number of hydrogen-bond donors (Lipinski definition) is 1. The van der Waals surface area contributed by atoms with E-state index in [4.69, 9.17) is 14.8 Å². The molecule has 0 bridgehead atoms. The normalized spacial score (nSPS) is 21.9. The molecular weight excluding hydrogens is 507 g/mol. The van der Waals surface area contributed by atoms with Crippen LogP contribution in [0.3, 0.4) is 0 Å². The molecule has 2 aliphatic heterocycles. The number of pyridine rings is 1. The highest BCUT2D eigenvalue weighted by atomic mass is 19.4. The molecule has 0 spiro atoms. The molecular formula is C29H34F3N5O2. The maximum Gasteiger partial charge on any atom is 0.393 e. The van der Waals surface area contributed by atoms with Crippen molar-refractivity contribution >= 4 is 0 Å². The highest BCUT2D eigenvalue weighted by molar-refractivity contribution is 5.56. The van der Waals surface area contributed by atoms with Gasteiger partial charge in [0.1, 0.15) is 11.4 Å². The monoisotopic (exact) mass is 541 g/mol. The minimum Gasteiger partial charge on any atom is -0.381 e. The lowest BCUT2D eigenvalue weighted by Crippen LogP contribution is -2.63. The van der Waals surface area contributed by atoms with Gasteiger partial charge < -0.3 is 14.7 Å². The molecule has 2 aromatic heterocycles. The molecule has 1 aliphatic carbocycles. The molecule has 7 nitrogen and oxygen atoms in total. The van der Waals surface area contributed by atoms with Gasteiger partial charge in [-0.2, -0.15) is 18.3 Å². The quantitative estimate of drug-likeness (QED) is 0.461. The van der Waals surface area contributed by atoms with Crippen LogP contribution in [-0.4, -0.2) is 69.3 Å². The first-order chi connectivity index (χ1) is 18.6. The van der Waals surface area contributed by atoms with Crippen LogP contribution in [0.5, 0.6) is 0 Å². The average Bonchev–Trinajstić information content (AvgIpc) is 3.65. The summed E-state index contributed by atoms with van der Waals surface area (Å²) in [6, 6.07) is 8.39. The third-order valence-corrected chi connectivity index (χ3v) is 8.44. The van der Waals surface area contributed by atoms with Crippen LogP contribution >= 0.6 is 0 Å². The van der Waals surface area contributed by atoms with Gasteiger partial charge in [0.2, 0.25) is 0 Å². The van der Waals surface area contributed by atoms with Crippen LogP contribution < -0.4 is 0 Å². The van der Waals surface area contributed by atoms with Crippen molar-refractivity contribution in [2.45, 2.75) is 62.8 Å². The zero-order chi connectivity index (χ0) is 27.4. The van der Waals surface area contributed by atoms with E-state index in [1.54, 1.807) is 24.5 Å². The Morgan fingerprint density at radius 3 is 2.33 bits per heavy atom. The molecule has 3 aromatic rings. The van der Waals surface area contributed by atoms with Crippen LogP contribution in [0.4, 0.5) is 13.2 Å². The van der Waals surface area contributed by atoms with Gasteiger partial charge in [0.05, 0.1) is 12.5 Å². The number of ether oxygens (including phenoxy) is 1. The summed E-state index contributed by atoms with van der Waals surface area (Å²) in [5.41, 5.74) is -0.0453. The van der Waals surface area contributed by atoms with E-state index in [1.807, 2.05) is 20.0 Å². The molecule has 0 amide bonds. The zero-order valence-corrected chi connectivity index (χ0v) is 22.3. The lowest BCUT2D eigenvalue weighted by molar-refractivity contribution is -0.128. The first-order valence-electron chi connectivity index (χ1n) is 13.6. The van der Waals surface area contributed by atoms with Gasteiger partial charge in [-0.1, -0.05) is 31.2 Å².